The molecule has 0 aromatic heterocycles. The van der Waals surface area contributed by atoms with Crippen molar-refractivity contribution in [1.29, 1.82) is 0 Å². The molecule has 0 spiro atoms. The summed E-state index contributed by atoms with van der Waals surface area (Å²) in [6.07, 6.45) is 19.4. The predicted molar refractivity (Wildman–Crippen MR) is 286 cm³/mol. The van der Waals surface area contributed by atoms with E-state index in [-0.39, 0.29) is 76.1 Å². The highest BCUT2D eigenvalue weighted by Crippen LogP contribution is 2.71. The molecule has 0 aromatic rings. The standard InChI is InChI=1S/C20H32O2.C16H26O3.C14H24O3.C13H18O5/c1-5-19(3,4)18(21)22-20(6-2)11-14-10-15(20)17-13-8-7-12(9-13)16(14)17;1-4-14(2,3)13(17)19-16-8-11-5-12(9-16)7-15(18,6-11)10-16;1-4-14(2,3)13(16)17-12-7-9-5-10(12)6-11(9)8-15;1-4-13(2,3)12(15)18-9-7-5-6-8(16-7)10(9)17-11(6)14/h12-17H,5-11H2,1-4H3;11-12,18H,4-10H2,1-3H3;9-12,15H,4-8H2,1-3H3;6-10H,4-5H2,1-3H3. The fourth-order valence-corrected chi connectivity index (χ4v) is 17.5. The van der Waals surface area contributed by atoms with E-state index in [0.29, 0.717) is 61.4 Å². The minimum Gasteiger partial charge on any atom is -0.462 e. The lowest BCUT2D eigenvalue weighted by atomic mass is 9.52. The van der Waals surface area contributed by atoms with Crippen molar-refractivity contribution in [1.82, 2.24) is 0 Å². The van der Waals surface area contributed by atoms with Gasteiger partial charge in [-0.2, -0.15) is 0 Å². The Bertz CT molecular complexity index is 2160. The molecule has 0 amide bonds. The summed E-state index contributed by atoms with van der Waals surface area (Å²) in [7, 11) is 0. The third-order valence-corrected chi connectivity index (χ3v) is 23.3. The van der Waals surface area contributed by atoms with Gasteiger partial charge in [0.2, 0.25) is 0 Å². The molecule has 18 atom stereocenters. The molecule has 10 saturated carbocycles. The number of esters is 5. The van der Waals surface area contributed by atoms with Gasteiger partial charge in [-0.15, -0.1) is 0 Å². The Balaban J connectivity index is 0.000000124. The summed E-state index contributed by atoms with van der Waals surface area (Å²) in [5.74, 6) is 7.31. The van der Waals surface area contributed by atoms with E-state index in [0.717, 1.165) is 107 Å². The van der Waals surface area contributed by atoms with Gasteiger partial charge in [-0.1, -0.05) is 34.6 Å². The highest BCUT2D eigenvalue weighted by atomic mass is 16.7. The van der Waals surface area contributed by atoms with Crippen LogP contribution in [-0.4, -0.2) is 94.0 Å². The summed E-state index contributed by atoms with van der Waals surface area (Å²) >= 11 is 0. The largest absolute Gasteiger partial charge is 0.462 e. The van der Waals surface area contributed by atoms with Gasteiger partial charge in [0.1, 0.15) is 23.4 Å². The van der Waals surface area contributed by atoms with E-state index < -0.39 is 28.6 Å². The Morgan fingerprint density at radius 2 is 1.14 bits per heavy atom. The molecule has 76 heavy (non-hydrogen) atoms. The second kappa shape index (κ2) is 21.0. The summed E-state index contributed by atoms with van der Waals surface area (Å²) in [5.41, 5.74) is -2.66. The minimum absolute atomic E-state index is 0.0455. The van der Waals surface area contributed by atoms with E-state index >= 15 is 0 Å². The van der Waals surface area contributed by atoms with Crippen LogP contribution in [0.2, 0.25) is 0 Å². The van der Waals surface area contributed by atoms with Crippen molar-refractivity contribution in [3.8, 4) is 0 Å². The first-order valence-electron chi connectivity index (χ1n) is 30.7. The smallest absolute Gasteiger partial charge is 0.312 e. The van der Waals surface area contributed by atoms with Crippen LogP contribution in [0.5, 0.6) is 0 Å². The molecule has 0 aromatic carbocycles. The molecule has 13 rings (SSSR count). The lowest BCUT2D eigenvalue weighted by molar-refractivity contribution is -0.225. The van der Waals surface area contributed by atoms with Crippen molar-refractivity contribution in [3.05, 3.63) is 0 Å². The molecule has 3 aliphatic heterocycles. The Morgan fingerprint density at radius 3 is 1.68 bits per heavy atom. The van der Waals surface area contributed by atoms with E-state index in [1.807, 2.05) is 76.2 Å². The van der Waals surface area contributed by atoms with Gasteiger partial charge in [-0.05, 0) is 237 Å². The van der Waals surface area contributed by atoms with E-state index in [9.17, 15) is 34.2 Å². The van der Waals surface area contributed by atoms with Gasteiger partial charge in [-0.3, -0.25) is 24.0 Å². The number of carbonyl (C=O) groups excluding carboxylic acids is 5. The Hall–Kier alpha value is -2.77. The molecular weight excluding hydrogens is 965 g/mol. The molecule has 430 valence electrons. The minimum atomic E-state index is -0.555. The first-order valence-corrected chi connectivity index (χ1v) is 30.7. The van der Waals surface area contributed by atoms with Crippen LogP contribution in [0.1, 0.15) is 218 Å². The molecule has 0 radical (unpaired) electrons. The van der Waals surface area contributed by atoms with Crippen LogP contribution in [0.3, 0.4) is 0 Å². The van der Waals surface area contributed by atoms with Crippen molar-refractivity contribution in [2.45, 2.75) is 266 Å². The van der Waals surface area contributed by atoms with E-state index in [1.54, 1.807) is 0 Å². The quantitative estimate of drug-likeness (QED) is 0.0954. The van der Waals surface area contributed by atoms with Crippen LogP contribution in [0.15, 0.2) is 0 Å². The predicted octanol–water partition coefficient (Wildman–Crippen LogP) is 11.3. The number of carbonyl (C=O) groups is 5. The molecule has 10 aliphatic carbocycles. The first-order chi connectivity index (χ1) is 35.6. The van der Waals surface area contributed by atoms with Crippen molar-refractivity contribution in [2.24, 2.45) is 92.7 Å². The van der Waals surface area contributed by atoms with Crippen molar-refractivity contribution < 1.29 is 62.6 Å². The highest BCUT2D eigenvalue weighted by Gasteiger charge is 2.69. The Kier molecular flexibility index (Phi) is 16.0. The number of hydrogen-bond donors (Lipinski definition) is 2. The van der Waals surface area contributed by atoms with Crippen LogP contribution in [0, 0.1) is 92.7 Å². The molecule has 13 aliphatic rings. The first kappa shape index (κ1) is 57.9. The summed E-state index contributed by atoms with van der Waals surface area (Å²) < 4.78 is 34.4. The van der Waals surface area contributed by atoms with Crippen LogP contribution in [0.4, 0.5) is 0 Å². The molecule has 3 saturated heterocycles. The van der Waals surface area contributed by atoms with Crippen LogP contribution >= 0.6 is 0 Å². The normalized spacial score (nSPS) is 43.0. The number of aliphatic hydroxyl groups excluding tert-OH is 1. The number of fused-ring (bicyclic) bond motifs is 12. The van der Waals surface area contributed by atoms with Crippen molar-refractivity contribution >= 4 is 29.8 Å². The van der Waals surface area contributed by atoms with Crippen molar-refractivity contribution in [3.63, 3.8) is 0 Å². The van der Waals surface area contributed by atoms with Crippen LogP contribution in [0.25, 0.3) is 0 Å². The maximum absolute atomic E-state index is 12.7. The second-order valence-electron chi connectivity index (χ2n) is 29.7. The fourth-order valence-electron chi connectivity index (χ4n) is 17.5. The molecule has 13 fully saturated rings. The Labute approximate surface area is 455 Å². The maximum Gasteiger partial charge on any atom is 0.312 e. The SMILES string of the molecule is CCC(C)(C)C(=O)OC1(CC)CC2CC1C1C3CCC(C3)C21.CCC(C)(C)C(=O)OC12CC3CC(CC(O)(C3)C1)C2.CCC(C)(C)C(=O)OC1C2CC3C(=O)OC1C3O2.CCC(C)(C)C(=O)OC1CC2CC1CC2CO. The number of hydrogen-bond acceptors (Lipinski definition) is 13. The molecule has 18 unspecified atom stereocenters. The third-order valence-electron chi connectivity index (χ3n) is 23.3. The molecule has 3 heterocycles. The van der Waals surface area contributed by atoms with Gasteiger partial charge in [0.25, 0.3) is 0 Å². The maximum atomic E-state index is 12.7. The average molecular weight is 1070 g/mol. The molecule has 13 nitrogen and oxygen atoms in total. The molecule has 2 N–H and O–H groups in total. The fraction of sp³-hybridized carbons (Fsp3) is 0.921. The molecule has 12 bridgehead atoms. The van der Waals surface area contributed by atoms with Crippen LogP contribution < -0.4 is 0 Å². The van der Waals surface area contributed by atoms with E-state index in [2.05, 4.69) is 13.8 Å². The summed E-state index contributed by atoms with van der Waals surface area (Å²) in [6, 6.07) is 0. The Morgan fingerprint density at radius 1 is 0.592 bits per heavy atom. The number of rotatable bonds is 14. The van der Waals surface area contributed by atoms with Gasteiger partial charge in [0.15, 0.2) is 12.2 Å². The number of aliphatic hydroxyl groups is 2. The number of ether oxygens (including phenoxy) is 6. The summed E-state index contributed by atoms with van der Waals surface area (Å²) in [5, 5.41) is 19.9. The zero-order valence-corrected chi connectivity index (χ0v) is 49.0. The van der Waals surface area contributed by atoms with Crippen molar-refractivity contribution in [2.75, 3.05) is 6.61 Å². The van der Waals surface area contributed by atoms with Gasteiger partial charge in [0.05, 0.1) is 39.3 Å². The third kappa shape index (κ3) is 10.6. The second-order valence-corrected chi connectivity index (χ2v) is 29.7. The molecular formula is C63H100O13. The topological polar surface area (TPSA) is 181 Å². The van der Waals surface area contributed by atoms with Crippen LogP contribution in [-0.2, 0) is 52.4 Å². The van der Waals surface area contributed by atoms with E-state index in [1.165, 1.54) is 32.1 Å². The zero-order chi connectivity index (χ0) is 55.3. The molecule has 13 heteroatoms. The van der Waals surface area contributed by atoms with Gasteiger partial charge < -0.3 is 38.6 Å². The monoisotopic (exact) mass is 1060 g/mol. The zero-order valence-electron chi connectivity index (χ0n) is 49.0. The summed E-state index contributed by atoms with van der Waals surface area (Å²) in [4.78, 5) is 60.7. The average Bonchev–Trinajstić information content (AvgIpc) is 4.25. The van der Waals surface area contributed by atoms with Gasteiger partial charge in [0, 0.05) is 18.9 Å². The lowest BCUT2D eigenvalue weighted by Crippen LogP contribution is -2.61. The highest BCUT2D eigenvalue weighted by molar-refractivity contribution is 5.79. The van der Waals surface area contributed by atoms with Gasteiger partial charge in [-0.25, -0.2) is 0 Å². The summed E-state index contributed by atoms with van der Waals surface area (Å²) in [6.45, 7) is 26.2. The van der Waals surface area contributed by atoms with Gasteiger partial charge >= 0.3 is 29.8 Å². The van der Waals surface area contributed by atoms with E-state index in [4.69, 9.17) is 28.4 Å². The lowest BCUT2D eigenvalue weighted by Gasteiger charge is -2.59.